The van der Waals surface area contributed by atoms with Crippen molar-refractivity contribution in [3.63, 3.8) is 0 Å². The van der Waals surface area contributed by atoms with Gasteiger partial charge in [0.2, 0.25) is 0 Å². The molecule has 0 saturated heterocycles. The second kappa shape index (κ2) is 3.70. The zero-order chi connectivity index (χ0) is 9.97. The Morgan fingerprint density at radius 3 is 2.57 bits per heavy atom. The SMILES string of the molecule is [N-]=[N+]=N[C@H]1Cc2ccccc2C[C@@H]1O. The lowest BCUT2D eigenvalue weighted by Crippen LogP contribution is -2.32. The van der Waals surface area contributed by atoms with Gasteiger partial charge in [0, 0.05) is 4.91 Å². The number of hydrogen-bond acceptors (Lipinski definition) is 2. The lowest BCUT2D eigenvalue weighted by atomic mass is 9.87. The average Bonchev–Trinajstić information content (AvgIpc) is 2.19. The first kappa shape index (κ1) is 9.06. The first-order chi connectivity index (χ1) is 6.81. The van der Waals surface area contributed by atoms with Crippen LogP contribution in [0.5, 0.6) is 0 Å². The molecule has 0 spiro atoms. The second-order valence-electron chi connectivity index (χ2n) is 3.52. The Morgan fingerprint density at radius 2 is 1.93 bits per heavy atom. The van der Waals surface area contributed by atoms with E-state index in [4.69, 9.17) is 5.53 Å². The van der Waals surface area contributed by atoms with E-state index < -0.39 is 6.10 Å². The van der Waals surface area contributed by atoms with Crippen molar-refractivity contribution in [1.82, 2.24) is 0 Å². The number of aliphatic hydroxyl groups excluding tert-OH is 1. The molecular weight excluding hydrogens is 178 g/mol. The molecule has 0 aromatic heterocycles. The highest BCUT2D eigenvalue weighted by Gasteiger charge is 2.25. The molecule has 0 fully saturated rings. The lowest BCUT2D eigenvalue weighted by molar-refractivity contribution is 0.137. The van der Waals surface area contributed by atoms with E-state index in [-0.39, 0.29) is 6.04 Å². The molecule has 0 bridgehead atoms. The highest BCUT2D eigenvalue weighted by Crippen LogP contribution is 2.23. The minimum Gasteiger partial charge on any atom is -0.392 e. The van der Waals surface area contributed by atoms with Crippen molar-refractivity contribution in [1.29, 1.82) is 0 Å². The van der Waals surface area contributed by atoms with E-state index in [9.17, 15) is 5.11 Å². The van der Waals surface area contributed by atoms with Crippen molar-refractivity contribution in [2.45, 2.75) is 25.0 Å². The Morgan fingerprint density at radius 1 is 1.29 bits per heavy atom. The van der Waals surface area contributed by atoms with E-state index in [1.807, 2.05) is 24.3 Å². The molecule has 1 aromatic rings. The molecule has 1 aliphatic carbocycles. The fraction of sp³-hybridized carbons (Fsp3) is 0.400. The fourth-order valence-corrected chi connectivity index (χ4v) is 1.86. The Labute approximate surface area is 81.8 Å². The van der Waals surface area contributed by atoms with Crippen molar-refractivity contribution < 1.29 is 5.11 Å². The number of hydrogen-bond donors (Lipinski definition) is 1. The number of nitrogens with zero attached hydrogens (tertiary/aromatic N) is 3. The van der Waals surface area contributed by atoms with E-state index in [0.717, 1.165) is 5.56 Å². The van der Waals surface area contributed by atoms with E-state index in [1.165, 1.54) is 5.56 Å². The zero-order valence-electron chi connectivity index (χ0n) is 7.67. The van der Waals surface area contributed by atoms with Crippen LogP contribution in [0.1, 0.15) is 11.1 Å². The Kier molecular flexibility index (Phi) is 2.39. The van der Waals surface area contributed by atoms with Gasteiger partial charge in [-0.2, -0.15) is 0 Å². The first-order valence-corrected chi connectivity index (χ1v) is 4.60. The summed E-state index contributed by atoms with van der Waals surface area (Å²) in [6, 6.07) is 7.63. The van der Waals surface area contributed by atoms with E-state index >= 15 is 0 Å². The molecule has 1 N–H and O–H groups in total. The van der Waals surface area contributed by atoms with Crippen LogP contribution in [0.25, 0.3) is 10.4 Å². The molecule has 72 valence electrons. The minimum absolute atomic E-state index is 0.310. The second-order valence-corrected chi connectivity index (χ2v) is 3.52. The average molecular weight is 189 g/mol. The summed E-state index contributed by atoms with van der Waals surface area (Å²) in [6.07, 6.45) is 0.683. The van der Waals surface area contributed by atoms with Crippen LogP contribution < -0.4 is 0 Å². The summed E-state index contributed by atoms with van der Waals surface area (Å²) in [6.45, 7) is 0. The van der Waals surface area contributed by atoms with E-state index in [2.05, 4.69) is 10.0 Å². The molecule has 0 radical (unpaired) electrons. The van der Waals surface area contributed by atoms with Gasteiger partial charge in [0.15, 0.2) is 0 Å². The maximum absolute atomic E-state index is 9.68. The number of aliphatic hydroxyl groups is 1. The molecule has 4 nitrogen and oxygen atoms in total. The first-order valence-electron chi connectivity index (χ1n) is 4.60. The van der Waals surface area contributed by atoms with Crippen LogP contribution in [-0.2, 0) is 12.8 Å². The molecule has 0 amide bonds. The predicted molar refractivity (Wildman–Crippen MR) is 52.8 cm³/mol. The highest BCUT2D eigenvalue weighted by atomic mass is 16.3. The molecule has 1 aliphatic rings. The van der Waals surface area contributed by atoms with Gasteiger partial charge in [-0.1, -0.05) is 29.4 Å². The Balaban J connectivity index is 2.30. The Bertz CT molecular complexity index is 385. The normalized spacial score (nSPS) is 24.9. The quantitative estimate of drug-likeness (QED) is 0.408. The summed E-state index contributed by atoms with van der Waals surface area (Å²) < 4.78 is 0. The Hall–Kier alpha value is -1.51. The third-order valence-corrected chi connectivity index (χ3v) is 2.62. The molecule has 14 heavy (non-hydrogen) atoms. The van der Waals surface area contributed by atoms with Crippen molar-refractivity contribution in [3.8, 4) is 0 Å². The van der Waals surface area contributed by atoms with E-state index in [0.29, 0.717) is 12.8 Å². The van der Waals surface area contributed by atoms with Crippen molar-refractivity contribution in [2.24, 2.45) is 5.11 Å². The highest BCUT2D eigenvalue weighted by molar-refractivity contribution is 5.31. The van der Waals surface area contributed by atoms with Crippen molar-refractivity contribution in [2.75, 3.05) is 0 Å². The molecule has 2 atom stereocenters. The number of azide groups is 1. The monoisotopic (exact) mass is 189 g/mol. The van der Waals surface area contributed by atoms with Crippen LogP contribution in [0.3, 0.4) is 0 Å². The maximum Gasteiger partial charge on any atom is 0.0677 e. The molecule has 0 saturated carbocycles. The predicted octanol–water partition coefficient (Wildman–Crippen LogP) is 1.82. The zero-order valence-corrected chi connectivity index (χ0v) is 7.67. The molecular formula is C10H11N3O. The van der Waals surface area contributed by atoms with Gasteiger partial charge in [-0.05, 0) is 29.5 Å². The van der Waals surface area contributed by atoms with Crippen LogP contribution in [0, 0.1) is 0 Å². The summed E-state index contributed by atoms with van der Waals surface area (Å²) >= 11 is 0. The molecule has 0 heterocycles. The molecule has 1 aromatic carbocycles. The topological polar surface area (TPSA) is 69.0 Å². The van der Waals surface area contributed by atoms with Crippen LogP contribution in [0.15, 0.2) is 29.4 Å². The number of benzene rings is 1. The number of rotatable bonds is 1. The smallest absolute Gasteiger partial charge is 0.0677 e. The summed E-state index contributed by atoms with van der Waals surface area (Å²) in [5.74, 6) is 0. The molecule has 2 rings (SSSR count). The third kappa shape index (κ3) is 1.58. The van der Waals surface area contributed by atoms with Gasteiger partial charge in [0.05, 0.1) is 12.1 Å². The summed E-state index contributed by atoms with van der Waals surface area (Å²) in [5, 5.41) is 13.3. The van der Waals surface area contributed by atoms with Gasteiger partial charge >= 0.3 is 0 Å². The molecule has 0 unspecified atom stereocenters. The summed E-state index contributed by atoms with van der Waals surface area (Å²) in [4.78, 5) is 2.75. The molecule has 4 heteroatoms. The summed E-state index contributed by atoms with van der Waals surface area (Å²) in [5.41, 5.74) is 10.7. The third-order valence-electron chi connectivity index (χ3n) is 2.62. The minimum atomic E-state index is -0.541. The summed E-state index contributed by atoms with van der Waals surface area (Å²) in [7, 11) is 0. The maximum atomic E-state index is 9.68. The van der Waals surface area contributed by atoms with Crippen molar-refractivity contribution in [3.05, 3.63) is 45.8 Å². The lowest BCUT2D eigenvalue weighted by Gasteiger charge is -2.26. The van der Waals surface area contributed by atoms with Crippen LogP contribution in [0.2, 0.25) is 0 Å². The van der Waals surface area contributed by atoms with E-state index in [1.54, 1.807) is 0 Å². The van der Waals surface area contributed by atoms with Gasteiger partial charge in [-0.3, -0.25) is 0 Å². The van der Waals surface area contributed by atoms with Gasteiger partial charge < -0.3 is 5.11 Å². The van der Waals surface area contributed by atoms with Crippen LogP contribution >= 0.6 is 0 Å². The van der Waals surface area contributed by atoms with Crippen LogP contribution in [-0.4, -0.2) is 17.3 Å². The van der Waals surface area contributed by atoms with Gasteiger partial charge in [0.1, 0.15) is 0 Å². The van der Waals surface area contributed by atoms with Crippen molar-refractivity contribution >= 4 is 0 Å². The molecule has 0 aliphatic heterocycles. The van der Waals surface area contributed by atoms with Gasteiger partial charge in [-0.15, -0.1) is 0 Å². The largest absolute Gasteiger partial charge is 0.392 e. The van der Waals surface area contributed by atoms with Gasteiger partial charge in [0.25, 0.3) is 0 Å². The number of fused-ring (bicyclic) bond motifs is 1. The standard InChI is InChI=1S/C10H11N3O/c11-13-12-9-5-7-3-1-2-4-8(7)6-10(9)14/h1-4,9-10,14H,5-6H2/t9-,10-/m0/s1. The van der Waals surface area contributed by atoms with Gasteiger partial charge in [-0.25, -0.2) is 0 Å². The fourth-order valence-electron chi connectivity index (χ4n) is 1.86. The van der Waals surface area contributed by atoms with Crippen LogP contribution in [0.4, 0.5) is 0 Å².